The minimum atomic E-state index is -0.0261. The van der Waals surface area contributed by atoms with Crippen molar-refractivity contribution in [3.63, 3.8) is 0 Å². The molecule has 3 N–H and O–H groups in total. The van der Waals surface area contributed by atoms with Gasteiger partial charge in [-0.05, 0) is 50.6 Å². The van der Waals surface area contributed by atoms with Crippen molar-refractivity contribution in [2.75, 3.05) is 18.9 Å². The van der Waals surface area contributed by atoms with Gasteiger partial charge in [0.2, 0.25) is 5.91 Å². The second-order valence-electron chi connectivity index (χ2n) is 6.24. The quantitative estimate of drug-likeness (QED) is 0.755. The van der Waals surface area contributed by atoms with Crippen LogP contribution in [0.25, 0.3) is 0 Å². The van der Waals surface area contributed by atoms with Crippen molar-refractivity contribution < 1.29 is 9.59 Å². The van der Waals surface area contributed by atoms with Crippen LogP contribution in [0.1, 0.15) is 54.4 Å². The number of carbonyl (C=O) groups is 2. The maximum atomic E-state index is 12.3. The molecule has 0 aliphatic heterocycles. The molecule has 5 heteroatoms. The van der Waals surface area contributed by atoms with Crippen LogP contribution in [-0.4, -0.2) is 31.4 Å². The summed E-state index contributed by atoms with van der Waals surface area (Å²) in [6.45, 7) is 2.55. The maximum Gasteiger partial charge on any atom is 0.251 e. The predicted molar refractivity (Wildman–Crippen MR) is 92.7 cm³/mol. The Morgan fingerprint density at radius 3 is 2.57 bits per heavy atom. The molecule has 0 spiro atoms. The molecule has 0 saturated heterocycles. The fourth-order valence-electron chi connectivity index (χ4n) is 2.91. The SMILES string of the molecule is CNCCC(=O)Nc1ccc(C(=O)NC2CCCCC2)cc1C. The van der Waals surface area contributed by atoms with Crippen molar-refractivity contribution in [2.24, 2.45) is 0 Å². The molecule has 5 nitrogen and oxygen atoms in total. The molecule has 0 radical (unpaired) electrons. The second kappa shape index (κ2) is 8.67. The molecule has 0 aromatic heterocycles. The summed E-state index contributed by atoms with van der Waals surface area (Å²) in [7, 11) is 1.82. The summed E-state index contributed by atoms with van der Waals surface area (Å²) in [5, 5.41) is 8.95. The van der Waals surface area contributed by atoms with Gasteiger partial charge in [0.1, 0.15) is 0 Å². The topological polar surface area (TPSA) is 70.2 Å². The van der Waals surface area contributed by atoms with Crippen LogP contribution >= 0.6 is 0 Å². The van der Waals surface area contributed by atoms with Crippen molar-refractivity contribution in [3.05, 3.63) is 29.3 Å². The summed E-state index contributed by atoms with van der Waals surface area (Å²) in [5.74, 6) is -0.0464. The van der Waals surface area contributed by atoms with Crippen molar-refractivity contribution in [1.82, 2.24) is 10.6 Å². The van der Waals surface area contributed by atoms with E-state index in [0.717, 1.165) is 24.1 Å². The third-order valence-corrected chi connectivity index (χ3v) is 4.31. The number of amides is 2. The molecule has 0 heterocycles. The normalized spacial score (nSPS) is 15.2. The van der Waals surface area contributed by atoms with Gasteiger partial charge in [-0.3, -0.25) is 9.59 Å². The summed E-state index contributed by atoms with van der Waals surface area (Å²) >= 11 is 0. The highest BCUT2D eigenvalue weighted by molar-refractivity contribution is 5.96. The lowest BCUT2D eigenvalue weighted by molar-refractivity contribution is -0.116. The van der Waals surface area contributed by atoms with Crippen molar-refractivity contribution in [3.8, 4) is 0 Å². The summed E-state index contributed by atoms with van der Waals surface area (Å²) in [6, 6.07) is 5.73. The Balaban J connectivity index is 1.94. The van der Waals surface area contributed by atoms with E-state index < -0.39 is 0 Å². The van der Waals surface area contributed by atoms with Gasteiger partial charge in [-0.15, -0.1) is 0 Å². The van der Waals surface area contributed by atoms with Gasteiger partial charge in [0.05, 0.1) is 0 Å². The largest absolute Gasteiger partial charge is 0.349 e. The molecule has 2 amide bonds. The van der Waals surface area contributed by atoms with Crippen molar-refractivity contribution in [1.29, 1.82) is 0 Å². The van der Waals surface area contributed by atoms with Gasteiger partial charge >= 0.3 is 0 Å². The van der Waals surface area contributed by atoms with Crippen LogP contribution in [0.4, 0.5) is 5.69 Å². The zero-order valence-corrected chi connectivity index (χ0v) is 14.1. The molecule has 0 unspecified atom stereocenters. The molecule has 1 fully saturated rings. The van der Waals surface area contributed by atoms with E-state index in [9.17, 15) is 9.59 Å². The maximum absolute atomic E-state index is 12.3. The highest BCUT2D eigenvalue weighted by Gasteiger charge is 2.17. The minimum absolute atomic E-state index is 0.0203. The van der Waals surface area contributed by atoms with Crippen molar-refractivity contribution in [2.45, 2.75) is 51.5 Å². The standard InChI is InChI=1S/C18H27N3O2/c1-13-12-14(18(23)20-15-6-4-3-5-7-15)8-9-16(13)21-17(22)10-11-19-2/h8-9,12,15,19H,3-7,10-11H2,1-2H3,(H,20,23)(H,21,22). The van der Waals surface area contributed by atoms with E-state index >= 15 is 0 Å². The Bertz CT molecular complexity index is 551. The van der Waals surface area contributed by atoms with Crippen LogP contribution < -0.4 is 16.0 Å². The highest BCUT2D eigenvalue weighted by Crippen LogP contribution is 2.20. The number of rotatable bonds is 6. The lowest BCUT2D eigenvalue weighted by Gasteiger charge is -2.23. The first kappa shape index (κ1) is 17.5. The predicted octanol–water partition coefficient (Wildman–Crippen LogP) is 2.61. The fraction of sp³-hybridized carbons (Fsp3) is 0.556. The molecule has 1 saturated carbocycles. The zero-order chi connectivity index (χ0) is 16.7. The number of carbonyl (C=O) groups excluding carboxylic acids is 2. The molecule has 0 bridgehead atoms. The lowest BCUT2D eigenvalue weighted by Crippen LogP contribution is -2.36. The van der Waals surface area contributed by atoms with Gasteiger partial charge < -0.3 is 16.0 Å². The first-order valence-electron chi connectivity index (χ1n) is 8.46. The van der Waals surface area contributed by atoms with E-state index in [1.807, 2.05) is 26.1 Å². The second-order valence-corrected chi connectivity index (χ2v) is 6.24. The molecule has 126 valence electrons. The fourth-order valence-corrected chi connectivity index (χ4v) is 2.91. The van der Waals surface area contributed by atoms with Gasteiger partial charge in [0.15, 0.2) is 0 Å². The van der Waals surface area contributed by atoms with Crippen LogP contribution in [0.15, 0.2) is 18.2 Å². The molecule has 0 atom stereocenters. The first-order chi connectivity index (χ1) is 11.1. The Kier molecular flexibility index (Phi) is 6.59. The van der Waals surface area contributed by atoms with Gasteiger partial charge in [-0.25, -0.2) is 0 Å². The zero-order valence-electron chi connectivity index (χ0n) is 14.1. The Hall–Kier alpha value is -1.88. The van der Waals surface area contributed by atoms with Crippen LogP contribution in [0.3, 0.4) is 0 Å². The van der Waals surface area contributed by atoms with Gasteiger partial charge in [0.25, 0.3) is 5.91 Å². The average Bonchev–Trinajstić information content (AvgIpc) is 2.55. The molecule has 1 aromatic carbocycles. The van der Waals surface area contributed by atoms with Crippen LogP contribution in [-0.2, 0) is 4.79 Å². The van der Waals surface area contributed by atoms with E-state index in [1.165, 1.54) is 19.3 Å². The number of hydrogen-bond acceptors (Lipinski definition) is 3. The van der Waals surface area contributed by atoms with Gasteiger partial charge in [0, 0.05) is 30.3 Å². The van der Waals surface area contributed by atoms with E-state index in [0.29, 0.717) is 24.6 Å². The van der Waals surface area contributed by atoms with Crippen LogP contribution in [0.5, 0.6) is 0 Å². The van der Waals surface area contributed by atoms with E-state index in [2.05, 4.69) is 16.0 Å². The molecule has 1 aliphatic rings. The third-order valence-electron chi connectivity index (χ3n) is 4.31. The molecule has 1 aliphatic carbocycles. The number of aryl methyl sites for hydroxylation is 1. The molecule has 1 aromatic rings. The number of benzene rings is 1. The van der Waals surface area contributed by atoms with Crippen LogP contribution in [0, 0.1) is 6.92 Å². The van der Waals surface area contributed by atoms with E-state index in [4.69, 9.17) is 0 Å². The average molecular weight is 317 g/mol. The Labute approximate surface area is 138 Å². The smallest absolute Gasteiger partial charge is 0.251 e. The lowest BCUT2D eigenvalue weighted by atomic mass is 9.95. The molecular weight excluding hydrogens is 290 g/mol. The number of nitrogens with one attached hydrogen (secondary N) is 3. The first-order valence-corrected chi connectivity index (χ1v) is 8.46. The number of anilines is 1. The third kappa shape index (κ3) is 5.36. The highest BCUT2D eigenvalue weighted by atomic mass is 16.2. The van der Waals surface area contributed by atoms with E-state index in [1.54, 1.807) is 6.07 Å². The minimum Gasteiger partial charge on any atom is -0.349 e. The number of hydrogen-bond donors (Lipinski definition) is 3. The van der Waals surface area contributed by atoms with Gasteiger partial charge in [-0.1, -0.05) is 19.3 Å². The Morgan fingerprint density at radius 1 is 1.17 bits per heavy atom. The molecule has 2 rings (SSSR count). The Morgan fingerprint density at radius 2 is 1.91 bits per heavy atom. The monoisotopic (exact) mass is 317 g/mol. The summed E-state index contributed by atoms with van der Waals surface area (Å²) in [5.41, 5.74) is 2.32. The van der Waals surface area contributed by atoms with Crippen molar-refractivity contribution >= 4 is 17.5 Å². The summed E-state index contributed by atoms with van der Waals surface area (Å²) < 4.78 is 0. The molecule has 23 heavy (non-hydrogen) atoms. The summed E-state index contributed by atoms with van der Waals surface area (Å²) in [4.78, 5) is 24.1. The van der Waals surface area contributed by atoms with E-state index in [-0.39, 0.29) is 11.8 Å². The van der Waals surface area contributed by atoms with Gasteiger partial charge in [-0.2, -0.15) is 0 Å². The van der Waals surface area contributed by atoms with Crippen LogP contribution in [0.2, 0.25) is 0 Å². The summed E-state index contributed by atoms with van der Waals surface area (Å²) in [6.07, 6.45) is 6.24. The molecular formula is C18H27N3O2.